The van der Waals surface area contributed by atoms with Crippen LogP contribution in [0.1, 0.15) is 46.5 Å². The lowest BCUT2D eigenvalue weighted by Gasteiger charge is -2.30. The Kier molecular flexibility index (Phi) is 9.85. The van der Waals surface area contributed by atoms with E-state index in [2.05, 4.69) is 10.6 Å². The van der Waals surface area contributed by atoms with E-state index in [-0.39, 0.29) is 25.3 Å². The largest absolute Gasteiger partial charge is 0.480 e. The Morgan fingerprint density at radius 3 is 2.23 bits per heavy atom. The Morgan fingerprint density at radius 1 is 1.13 bits per heavy atom. The highest BCUT2D eigenvalue weighted by Gasteiger charge is 2.39. The lowest BCUT2D eigenvalue weighted by molar-refractivity contribution is -0.147. The molecule has 0 aromatic heterocycles. The van der Waals surface area contributed by atoms with E-state index in [4.69, 9.17) is 16.6 Å². The fourth-order valence-corrected chi connectivity index (χ4v) is 3.42. The first-order chi connectivity index (χ1) is 14.3. The maximum absolute atomic E-state index is 13.2. The summed E-state index contributed by atoms with van der Waals surface area (Å²) in [6.45, 7) is 5.19. The number of primary amides is 1. The van der Waals surface area contributed by atoms with Crippen LogP contribution in [0.2, 0.25) is 0 Å². The average Bonchev–Trinajstić information content (AvgIpc) is 3.13. The molecule has 4 amide bonds. The standard InChI is InChI=1S/C19H33N5O7/c1-9(2)7-12(22-16(27)11(20)8-14(21)26)18(29)24-6-4-5-13(24)17(28)23-15(10(3)25)19(30)31/h9-13,15,25H,4-8,20H2,1-3H3,(H2,21,26)(H,22,27)(H,23,28)(H,30,31). The Morgan fingerprint density at radius 2 is 1.74 bits per heavy atom. The number of carbonyl (C=O) groups is 5. The minimum absolute atomic E-state index is 0.0168. The maximum Gasteiger partial charge on any atom is 0.328 e. The van der Waals surface area contributed by atoms with Crippen molar-refractivity contribution in [2.45, 2.75) is 76.7 Å². The first-order valence-electron chi connectivity index (χ1n) is 10.2. The predicted octanol–water partition coefficient (Wildman–Crippen LogP) is -2.34. The number of carbonyl (C=O) groups excluding carboxylic acids is 4. The molecule has 0 bridgehead atoms. The molecule has 5 atom stereocenters. The van der Waals surface area contributed by atoms with Gasteiger partial charge >= 0.3 is 5.97 Å². The fourth-order valence-electron chi connectivity index (χ4n) is 3.42. The lowest BCUT2D eigenvalue weighted by Crippen LogP contribution is -2.58. The summed E-state index contributed by atoms with van der Waals surface area (Å²) in [5, 5.41) is 23.5. The molecule has 8 N–H and O–H groups in total. The highest BCUT2D eigenvalue weighted by atomic mass is 16.4. The summed E-state index contributed by atoms with van der Waals surface area (Å²) in [7, 11) is 0. The molecule has 31 heavy (non-hydrogen) atoms. The molecule has 0 aromatic rings. The molecule has 12 heteroatoms. The van der Waals surface area contributed by atoms with Gasteiger partial charge in [0.2, 0.25) is 23.6 Å². The molecule has 176 valence electrons. The summed E-state index contributed by atoms with van der Waals surface area (Å²) in [6, 6.07) is -4.63. The monoisotopic (exact) mass is 443 g/mol. The van der Waals surface area contributed by atoms with Crippen molar-refractivity contribution in [2.24, 2.45) is 17.4 Å². The number of aliphatic hydroxyl groups excluding tert-OH is 1. The van der Waals surface area contributed by atoms with E-state index in [0.29, 0.717) is 12.8 Å². The second kappa shape index (κ2) is 11.6. The van der Waals surface area contributed by atoms with E-state index in [1.165, 1.54) is 11.8 Å². The zero-order valence-electron chi connectivity index (χ0n) is 18.0. The summed E-state index contributed by atoms with van der Waals surface area (Å²) in [5.41, 5.74) is 10.7. The molecular formula is C19H33N5O7. The summed E-state index contributed by atoms with van der Waals surface area (Å²) < 4.78 is 0. The van der Waals surface area contributed by atoms with Crippen molar-refractivity contribution in [3.05, 3.63) is 0 Å². The van der Waals surface area contributed by atoms with Crippen LogP contribution in [0.25, 0.3) is 0 Å². The Balaban J connectivity index is 2.96. The Labute approximate surface area is 180 Å². The third-order valence-electron chi connectivity index (χ3n) is 4.96. The van der Waals surface area contributed by atoms with Crippen LogP contribution in [0.4, 0.5) is 0 Å². The molecule has 0 aliphatic carbocycles. The number of hydrogen-bond donors (Lipinski definition) is 6. The number of carboxylic acids is 1. The zero-order chi connectivity index (χ0) is 23.9. The molecule has 12 nitrogen and oxygen atoms in total. The first kappa shape index (κ1) is 26.3. The van der Waals surface area contributed by atoms with Gasteiger partial charge in [0.25, 0.3) is 0 Å². The van der Waals surface area contributed by atoms with Crippen molar-refractivity contribution in [3.8, 4) is 0 Å². The molecular weight excluding hydrogens is 410 g/mol. The van der Waals surface area contributed by atoms with Gasteiger partial charge in [-0.3, -0.25) is 19.2 Å². The van der Waals surface area contributed by atoms with Crippen LogP contribution < -0.4 is 22.1 Å². The number of nitrogens with one attached hydrogen (secondary N) is 2. The quantitative estimate of drug-likeness (QED) is 0.203. The number of nitrogens with zero attached hydrogens (tertiary/aromatic N) is 1. The summed E-state index contributed by atoms with van der Waals surface area (Å²) in [6.07, 6.45) is -0.609. The highest BCUT2D eigenvalue weighted by molar-refractivity contribution is 5.95. The number of carboxylic acid groups (broad SMARTS) is 1. The molecule has 0 aromatic carbocycles. The molecule has 1 heterocycles. The number of aliphatic hydroxyl groups is 1. The van der Waals surface area contributed by atoms with Crippen LogP contribution in [0, 0.1) is 5.92 Å². The zero-order valence-corrected chi connectivity index (χ0v) is 18.0. The van der Waals surface area contributed by atoms with Crippen LogP contribution in [0.15, 0.2) is 0 Å². The number of rotatable bonds is 11. The van der Waals surface area contributed by atoms with E-state index >= 15 is 0 Å². The van der Waals surface area contributed by atoms with Crippen LogP contribution in [0.5, 0.6) is 0 Å². The summed E-state index contributed by atoms with van der Waals surface area (Å²) in [5.74, 6) is -4.04. The molecule has 1 fully saturated rings. The SMILES string of the molecule is CC(C)CC(NC(=O)C(N)CC(N)=O)C(=O)N1CCCC1C(=O)NC(C(=O)O)C(C)O. The number of aliphatic carboxylic acids is 1. The molecule has 1 saturated heterocycles. The molecule has 0 saturated carbocycles. The molecule has 0 radical (unpaired) electrons. The van der Waals surface area contributed by atoms with Gasteiger partial charge in [0.15, 0.2) is 6.04 Å². The molecule has 0 spiro atoms. The van der Waals surface area contributed by atoms with Crippen molar-refractivity contribution < 1.29 is 34.2 Å². The van der Waals surface area contributed by atoms with Gasteiger partial charge < -0.3 is 37.2 Å². The first-order valence-corrected chi connectivity index (χ1v) is 10.2. The summed E-state index contributed by atoms with van der Waals surface area (Å²) in [4.78, 5) is 61.7. The van der Waals surface area contributed by atoms with Gasteiger partial charge in [-0.1, -0.05) is 13.8 Å². The maximum atomic E-state index is 13.2. The van der Waals surface area contributed by atoms with E-state index < -0.39 is 59.9 Å². The number of nitrogens with two attached hydrogens (primary N) is 2. The average molecular weight is 444 g/mol. The van der Waals surface area contributed by atoms with Gasteiger partial charge in [0.05, 0.1) is 18.6 Å². The molecule has 1 aliphatic rings. The van der Waals surface area contributed by atoms with Crippen LogP contribution >= 0.6 is 0 Å². The third kappa shape index (κ3) is 7.79. The second-order valence-corrected chi connectivity index (χ2v) is 8.22. The van der Waals surface area contributed by atoms with E-state index in [0.717, 1.165) is 0 Å². The fraction of sp³-hybridized carbons (Fsp3) is 0.737. The summed E-state index contributed by atoms with van der Waals surface area (Å²) >= 11 is 0. The molecule has 5 unspecified atom stereocenters. The lowest BCUT2D eigenvalue weighted by atomic mass is 10.0. The van der Waals surface area contributed by atoms with Crippen LogP contribution in [-0.4, -0.2) is 81.5 Å². The van der Waals surface area contributed by atoms with Gasteiger partial charge in [-0.25, -0.2) is 4.79 Å². The van der Waals surface area contributed by atoms with Crippen molar-refractivity contribution in [1.82, 2.24) is 15.5 Å². The van der Waals surface area contributed by atoms with Gasteiger partial charge in [-0.05, 0) is 32.1 Å². The van der Waals surface area contributed by atoms with E-state index in [9.17, 15) is 29.1 Å². The van der Waals surface area contributed by atoms with Crippen molar-refractivity contribution in [3.63, 3.8) is 0 Å². The van der Waals surface area contributed by atoms with E-state index in [1.54, 1.807) is 0 Å². The van der Waals surface area contributed by atoms with Crippen molar-refractivity contribution >= 4 is 29.6 Å². The Hall–Kier alpha value is -2.73. The number of hydrogen-bond acceptors (Lipinski definition) is 7. The topological polar surface area (TPSA) is 205 Å². The molecule has 1 rings (SSSR count). The predicted molar refractivity (Wildman–Crippen MR) is 109 cm³/mol. The third-order valence-corrected chi connectivity index (χ3v) is 4.96. The van der Waals surface area contributed by atoms with E-state index in [1.807, 2.05) is 13.8 Å². The number of likely N-dealkylation sites (tertiary alicyclic amines) is 1. The minimum atomic E-state index is -1.51. The van der Waals surface area contributed by atoms with Crippen molar-refractivity contribution in [1.29, 1.82) is 0 Å². The van der Waals surface area contributed by atoms with Gasteiger partial charge in [-0.15, -0.1) is 0 Å². The van der Waals surface area contributed by atoms with Gasteiger partial charge in [-0.2, -0.15) is 0 Å². The molecule has 1 aliphatic heterocycles. The normalized spacial score (nSPS) is 19.9. The van der Waals surface area contributed by atoms with Gasteiger partial charge in [0, 0.05) is 6.54 Å². The smallest absolute Gasteiger partial charge is 0.328 e. The highest BCUT2D eigenvalue weighted by Crippen LogP contribution is 2.21. The minimum Gasteiger partial charge on any atom is -0.480 e. The van der Waals surface area contributed by atoms with Crippen molar-refractivity contribution in [2.75, 3.05) is 6.54 Å². The van der Waals surface area contributed by atoms with Crippen LogP contribution in [-0.2, 0) is 24.0 Å². The number of amides is 4. The van der Waals surface area contributed by atoms with Gasteiger partial charge in [0.1, 0.15) is 12.1 Å². The van der Waals surface area contributed by atoms with Crippen LogP contribution in [0.3, 0.4) is 0 Å². The Bertz CT molecular complexity index is 697. The second-order valence-electron chi connectivity index (χ2n) is 8.22.